The lowest BCUT2D eigenvalue weighted by Crippen LogP contribution is -2.38. The molecule has 0 saturated heterocycles. The highest BCUT2D eigenvalue weighted by Crippen LogP contribution is 2.26. The average molecular weight is 408 g/mol. The zero-order valence-corrected chi connectivity index (χ0v) is 17.7. The molecule has 1 aliphatic rings. The van der Waals surface area contributed by atoms with E-state index in [0.717, 1.165) is 24.1 Å². The molecule has 1 amide bonds. The summed E-state index contributed by atoms with van der Waals surface area (Å²) in [5.74, 6) is 0.0183. The van der Waals surface area contributed by atoms with E-state index in [9.17, 15) is 13.2 Å². The number of carbonyl (C=O) groups excluding carboxylic acids is 1. The van der Waals surface area contributed by atoms with Crippen LogP contribution in [0.25, 0.3) is 0 Å². The average Bonchev–Trinajstić information content (AvgIpc) is 3.09. The van der Waals surface area contributed by atoms with Gasteiger partial charge < -0.3 is 10.2 Å². The van der Waals surface area contributed by atoms with Gasteiger partial charge in [0.1, 0.15) is 0 Å². The highest BCUT2D eigenvalue weighted by Gasteiger charge is 2.22. The van der Waals surface area contributed by atoms with Crippen molar-refractivity contribution in [2.75, 3.05) is 32.5 Å². The number of sulfonamides is 1. The number of hydrogen-bond acceptors (Lipinski definition) is 5. The van der Waals surface area contributed by atoms with Crippen molar-refractivity contribution in [3.63, 3.8) is 0 Å². The standard InChI is InChI=1S/C19H25N3O3S2/c1-13-9-16(27(24,25)21(3)4)10-17(14(13)2)20-11-19(23)22-7-5-18-15(12-22)6-8-26-18/h6,8-10,20H,5,7,11-12H2,1-4H3. The SMILES string of the molecule is Cc1cc(S(=O)(=O)N(C)C)cc(NCC(=O)N2CCc3sccc3C2)c1C. The van der Waals surface area contributed by atoms with Crippen LogP contribution in [0, 0.1) is 13.8 Å². The third-order valence-electron chi connectivity index (χ3n) is 5.01. The fourth-order valence-electron chi connectivity index (χ4n) is 3.11. The van der Waals surface area contributed by atoms with Crippen molar-refractivity contribution in [3.8, 4) is 0 Å². The molecular formula is C19H25N3O3S2. The number of thiophene rings is 1. The summed E-state index contributed by atoms with van der Waals surface area (Å²) in [6.45, 7) is 5.31. The third kappa shape index (κ3) is 4.02. The van der Waals surface area contributed by atoms with Crippen LogP contribution < -0.4 is 5.32 Å². The molecule has 6 nitrogen and oxygen atoms in total. The smallest absolute Gasteiger partial charge is 0.242 e. The predicted molar refractivity (Wildman–Crippen MR) is 109 cm³/mol. The Morgan fingerprint density at radius 3 is 2.74 bits per heavy atom. The molecule has 27 heavy (non-hydrogen) atoms. The van der Waals surface area contributed by atoms with E-state index in [4.69, 9.17) is 0 Å². The molecule has 0 aliphatic carbocycles. The van der Waals surface area contributed by atoms with E-state index in [-0.39, 0.29) is 17.3 Å². The van der Waals surface area contributed by atoms with Gasteiger partial charge in [-0.2, -0.15) is 0 Å². The van der Waals surface area contributed by atoms with Crippen LogP contribution in [-0.4, -0.2) is 50.7 Å². The number of fused-ring (bicyclic) bond motifs is 1. The number of nitrogens with zero attached hydrogens (tertiary/aromatic N) is 2. The Labute approximate surface area is 164 Å². The van der Waals surface area contributed by atoms with Crippen LogP contribution in [0.4, 0.5) is 5.69 Å². The number of carbonyl (C=O) groups is 1. The van der Waals surface area contributed by atoms with E-state index in [0.29, 0.717) is 12.2 Å². The maximum atomic E-state index is 12.6. The van der Waals surface area contributed by atoms with Gasteiger partial charge in [0.2, 0.25) is 15.9 Å². The van der Waals surface area contributed by atoms with Crippen LogP contribution in [0.1, 0.15) is 21.6 Å². The van der Waals surface area contributed by atoms with Crippen LogP contribution in [0.2, 0.25) is 0 Å². The molecular weight excluding hydrogens is 382 g/mol. The van der Waals surface area contributed by atoms with E-state index in [2.05, 4.69) is 16.8 Å². The topological polar surface area (TPSA) is 69.7 Å². The van der Waals surface area contributed by atoms with Gasteiger partial charge in [-0.15, -0.1) is 11.3 Å². The van der Waals surface area contributed by atoms with Gasteiger partial charge in [0.05, 0.1) is 11.4 Å². The molecule has 0 atom stereocenters. The molecule has 0 radical (unpaired) electrons. The second-order valence-corrected chi connectivity index (χ2v) is 10.1. The summed E-state index contributed by atoms with van der Waals surface area (Å²) in [5, 5.41) is 5.22. The van der Waals surface area contributed by atoms with Gasteiger partial charge >= 0.3 is 0 Å². The maximum absolute atomic E-state index is 12.6. The fourth-order valence-corrected chi connectivity index (χ4v) is 5.02. The zero-order chi connectivity index (χ0) is 19.8. The first kappa shape index (κ1) is 19.9. The lowest BCUT2D eigenvalue weighted by molar-refractivity contribution is -0.130. The van der Waals surface area contributed by atoms with Gasteiger partial charge in [-0.1, -0.05) is 0 Å². The van der Waals surface area contributed by atoms with Crippen LogP contribution in [0.5, 0.6) is 0 Å². The minimum Gasteiger partial charge on any atom is -0.376 e. The quantitative estimate of drug-likeness (QED) is 0.827. The number of aryl methyl sites for hydroxylation is 1. The second-order valence-electron chi connectivity index (χ2n) is 6.99. The molecule has 2 aromatic rings. The first-order valence-electron chi connectivity index (χ1n) is 8.81. The van der Waals surface area contributed by atoms with Crippen molar-refractivity contribution in [1.29, 1.82) is 0 Å². The predicted octanol–water partition coefficient (Wildman–Crippen LogP) is 2.61. The Bertz CT molecular complexity index is 965. The van der Waals surface area contributed by atoms with Crippen molar-refractivity contribution in [1.82, 2.24) is 9.21 Å². The number of benzene rings is 1. The number of rotatable bonds is 5. The summed E-state index contributed by atoms with van der Waals surface area (Å²) in [6, 6.07) is 5.36. The van der Waals surface area contributed by atoms with Crippen molar-refractivity contribution >= 4 is 33.0 Å². The molecule has 1 aromatic carbocycles. The monoisotopic (exact) mass is 407 g/mol. The van der Waals surface area contributed by atoms with Gasteiger partial charge in [-0.3, -0.25) is 4.79 Å². The van der Waals surface area contributed by atoms with E-state index in [1.165, 1.54) is 28.8 Å². The van der Waals surface area contributed by atoms with Crippen LogP contribution in [0.3, 0.4) is 0 Å². The van der Waals surface area contributed by atoms with Crippen LogP contribution in [-0.2, 0) is 27.8 Å². The summed E-state index contributed by atoms with van der Waals surface area (Å²) in [4.78, 5) is 16.1. The molecule has 0 saturated carbocycles. The van der Waals surface area contributed by atoms with Crippen molar-refractivity contribution < 1.29 is 13.2 Å². The number of anilines is 1. The maximum Gasteiger partial charge on any atom is 0.242 e. The lowest BCUT2D eigenvalue weighted by Gasteiger charge is -2.27. The van der Waals surface area contributed by atoms with Gasteiger partial charge in [-0.25, -0.2) is 12.7 Å². The van der Waals surface area contributed by atoms with Crippen LogP contribution in [0.15, 0.2) is 28.5 Å². The molecule has 0 spiro atoms. The molecule has 146 valence electrons. The Morgan fingerprint density at radius 2 is 2.04 bits per heavy atom. The summed E-state index contributed by atoms with van der Waals surface area (Å²) in [7, 11) is -0.505. The minimum absolute atomic E-state index is 0.0183. The normalized spacial score (nSPS) is 14.3. The summed E-state index contributed by atoms with van der Waals surface area (Å²) in [5.41, 5.74) is 3.72. The zero-order valence-electron chi connectivity index (χ0n) is 16.1. The Hall–Kier alpha value is -1.90. The van der Waals surface area contributed by atoms with Crippen molar-refractivity contribution in [3.05, 3.63) is 45.1 Å². The van der Waals surface area contributed by atoms with E-state index in [1.54, 1.807) is 23.5 Å². The Balaban J connectivity index is 1.74. The first-order valence-corrected chi connectivity index (χ1v) is 11.1. The largest absolute Gasteiger partial charge is 0.376 e. The Kier molecular flexibility index (Phi) is 5.60. The molecule has 3 rings (SSSR count). The molecule has 1 N–H and O–H groups in total. The van der Waals surface area contributed by atoms with Gasteiger partial charge in [0.25, 0.3) is 0 Å². The number of nitrogens with one attached hydrogen (secondary N) is 1. The van der Waals surface area contributed by atoms with Crippen molar-refractivity contribution in [2.24, 2.45) is 0 Å². The van der Waals surface area contributed by atoms with Crippen LogP contribution >= 0.6 is 11.3 Å². The number of amides is 1. The number of hydrogen-bond donors (Lipinski definition) is 1. The fraction of sp³-hybridized carbons (Fsp3) is 0.421. The lowest BCUT2D eigenvalue weighted by atomic mass is 10.1. The molecule has 0 unspecified atom stereocenters. The summed E-state index contributed by atoms with van der Waals surface area (Å²) in [6.07, 6.45) is 0.896. The molecule has 0 bridgehead atoms. The van der Waals surface area contributed by atoms with Gasteiger partial charge in [0, 0.05) is 37.7 Å². The van der Waals surface area contributed by atoms with E-state index < -0.39 is 10.0 Å². The Morgan fingerprint density at radius 1 is 1.30 bits per heavy atom. The highest BCUT2D eigenvalue weighted by atomic mass is 32.2. The first-order chi connectivity index (χ1) is 12.7. The molecule has 0 fully saturated rings. The van der Waals surface area contributed by atoms with Gasteiger partial charge in [0.15, 0.2) is 0 Å². The highest BCUT2D eigenvalue weighted by molar-refractivity contribution is 7.89. The molecule has 2 heterocycles. The van der Waals surface area contributed by atoms with Crippen molar-refractivity contribution in [2.45, 2.75) is 31.7 Å². The van der Waals surface area contributed by atoms with Gasteiger partial charge in [-0.05, 0) is 60.5 Å². The molecule has 1 aromatic heterocycles. The summed E-state index contributed by atoms with van der Waals surface area (Å²) < 4.78 is 26.1. The second kappa shape index (κ2) is 7.61. The molecule has 1 aliphatic heterocycles. The molecule has 8 heteroatoms. The van der Waals surface area contributed by atoms with E-state index in [1.807, 2.05) is 18.7 Å². The third-order valence-corrected chi connectivity index (χ3v) is 7.83. The van der Waals surface area contributed by atoms with E-state index >= 15 is 0 Å². The summed E-state index contributed by atoms with van der Waals surface area (Å²) >= 11 is 1.74. The minimum atomic E-state index is -3.53.